The third kappa shape index (κ3) is 7.08. The van der Waals surface area contributed by atoms with Crippen molar-refractivity contribution in [1.82, 2.24) is 4.90 Å². The lowest BCUT2D eigenvalue weighted by Gasteiger charge is -2.37. The summed E-state index contributed by atoms with van der Waals surface area (Å²) in [5.74, 6) is -1.54. The van der Waals surface area contributed by atoms with E-state index in [2.05, 4.69) is 10.2 Å². The van der Waals surface area contributed by atoms with Crippen LogP contribution < -0.4 is 5.32 Å². The number of carbonyl (C=O) groups excluding carboxylic acids is 1. The summed E-state index contributed by atoms with van der Waals surface area (Å²) in [6.45, 7) is 6.37. The molecule has 2 heterocycles. The number of rotatable bonds is 5. The molecule has 1 amide bonds. The van der Waals surface area contributed by atoms with Gasteiger partial charge in [0.05, 0.1) is 18.1 Å². The molecule has 10 heteroatoms. The predicted molar refractivity (Wildman–Crippen MR) is 105 cm³/mol. The van der Waals surface area contributed by atoms with E-state index in [1.54, 1.807) is 12.1 Å². The molecule has 2 N–H and O–H groups in total. The zero-order chi connectivity index (χ0) is 21.4. The number of nitro groups is 1. The largest absolute Gasteiger partial charge is 0.481 e. The predicted octanol–water partition coefficient (Wildman–Crippen LogP) is 2.03. The lowest BCUT2D eigenvalue weighted by atomic mass is 10.0. The molecule has 0 saturated carbocycles. The van der Waals surface area contributed by atoms with Crippen molar-refractivity contribution < 1.29 is 29.1 Å². The Morgan fingerprint density at radius 3 is 2.34 bits per heavy atom. The molecule has 29 heavy (non-hydrogen) atoms. The maximum absolute atomic E-state index is 11.2. The fraction of sp³-hybridized carbons (Fsp3) is 0.579. The Bertz CT molecular complexity index is 733. The van der Waals surface area contributed by atoms with Gasteiger partial charge in [0, 0.05) is 52.4 Å². The zero-order valence-corrected chi connectivity index (χ0v) is 16.7. The highest BCUT2D eigenvalue weighted by Gasteiger charge is 2.39. The molecule has 160 valence electrons. The van der Waals surface area contributed by atoms with Crippen LogP contribution in [0.3, 0.4) is 0 Å². The molecule has 2 aliphatic rings. The number of benzene rings is 1. The van der Waals surface area contributed by atoms with E-state index in [0.29, 0.717) is 13.2 Å². The number of carbonyl (C=O) groups is 2. The van der Waals surface area contributed by atoms with Crippen LogP contribution in [0.4, 0.5) is 11.4 Å². The number of nitrogens with one attached hydrogen (secondary N) is 1. The summed E-state index contributed by atoms with van der Waals surface area (Å²) in [4.78, 5) is 33.2. The van der Waals surface area contributed by atoms with Crippen LogP contribution in [0.25, 0.3) is 0 Å². The lowest BCUT2D eigenvalue weighted by Crippen LogP contribution is -2.45. The van der Waals surface area contributed by atoms with E-state index in [4.69, 9.17) is 19.4 Å². The van der Waals surface area contributed by atoms with E-state index >= 15 is 0 Å². The number of hydrogen-bond acceptors (Lipinski definition) is 7. The van der Waals surface area contributed by atoms with Crippen LogP contribution in [0.15, 0.2) is 18.2 Å². The van der Waals surface area contributed by atoms with Crippen LogP contribution in [0, 0.1) is 10.1 Å². The average Bonchev–Trinajstić information content (AvgIpc) is 3.09. The SMILES string of the molecule is CC(=O)Nc1ccc(CCN2CCC3(CC2)OCCO3)cc1[N+](=O)[O-].CC(=O)O. The first kappa shape index (κ1) is 22.7. The first-order chi connectivity index (χ1) is 13.7. The smallest absolute Gasteiger partial charge is 0.300 e. The van der Waals surface area contributed by atoms with Gasteiger partial charge in [-0.25, -0.2) is 0 Å². The quantitative estimate of drug-likeness (QED) is 0.558. The van der Waals surface area contributed by atoms with Crippen molar-refractivity contribution in [2.24, 2.45) is 0 Å². The van der Waals surface area contributed by atoms with E-state index in [-0.39, 0.29) is 23.1 Å². The minimum absolute atomic E-state index is 0.0712. The summed E-state index contributed by atoms with van der Waals surface area (Å²) in [6, 6.07) is 4.97. The normalized spacial score (nSPS) is 18.0. The van der Waals surface area contributed by atoms with Gasteiger partial charge in [-0.2, -0.15) is 0 Å². The molecule has 2 aliphatic heterocycles. The third-order valence-corrected chi connectivity index (χ3v) is 4.72. The average molecular weight is 409 g/mol. The van der Waals surface area contributed by atoms with Gasteiger partial charge in [-0.15, -0.1) is 0 Å². The molecule has 3 rings (SSSR count). The highest BCUT2D eigenvalue weighted by molar-refractivity contribution is 5.91. The van der Waals surface area contributed by atoms with Crippen LogP contribution in [-0.4, -0.2) is 65.4 Å². The molecule has 1 aromatic rings. The first-order valence-corrected chi connectivity index (χ1v) is 9.45. The van der Waals surface area contributed by atoms with Gasteiger partial charge >= 0.3 is 0 Å². The molecule has 10 nitrogen and oxygen atoms in total. The highest BCUT2D eigenvalue weighted by Crippen LogP contribution is 2.31. The molecule has 0 aromatic heterocycles. The van der Waals surface area contributed by atoms with Crippen LogP contribution in [0.5, 0.6) is 0 Å². The minimum atomic E-state index is -0.833. The van der Waals surface area contributed by atoms with Crippen molar-refractivity contribution >= 4 is 23.3 Å². The van der Waals surface area contributed by atoms with Crippen LogP contribution in [0.2, 0.25) is 0 Å². The number of ether oxygens (including phenoxy) is 2. The first-order valence-electron chi connectivity index (χ1n) is 9.45. The Morgan fingerprint density at radius 2 is 1.83 bits per heavy atom. The molecule has 2 saturated heterocycles. The van der Waals surface area contributed by atoms with Gasteiger partial charge < -0.3 is 24.8 Å². The number of nitrogens with zero attached hydrogens (tertiary/aromatic N) is 2. The Balaban J connectivity index is 0.000000687. The fourth-order valence-electron chi connectivity index (χ4n) is 3.37. The van der Waals surface area contributed by atoms with E-state index < -0.39 is 10.9 Å². The summed E-state index contributed by atoms with van der Waals surface area (Å²) >= 11 is 0. The highest BCUT2D eigenvalue weighted by atomic mass is 16.7. The van der Waals surface area contributed by atoms with Crippen molar-refractivity contribution in [2.45, 2.75) is 38.9 Å². The number of carboxylic acid groups (broad SMARTS) is 1. The van der Waals surface area contributed by atoms with Gasteiger partial charge in [0.1, 0.15) is 5.69 Å². The van der Waals surface area contributed by atoms with Gasteiger partial charge in [0.2, 0.25) is 5.91 Å². The van der Waals surface area contributed by atoms with E-state index in [0.717, 1.165) is 51.4 Å². The number of aliphatic carboxylic acids is 1. The van der Waals surface area contributed by atoms with Crippen molar-refractivity contribution in [1.29, 1.82) is 0 Å². The summed E-state index contributed by atoms with van der Waals surface area (Å²) in [6.07, 6.45) is 2.43. The number of carboxylic acids is 1. The van der Waals surface area contributed by atoms with Gasteiger partial charge in [0.25, 0.3) is 11.7 Å². The molecule has 0 bridgehead atoms. The molecule has 0 aliphatic carbocycles. The van der Waals surface area contributed by atoms with Gasteiger partial charge in [-0.1, -0.05) is 6.07 Å². The van der Waals surface area contributed by atoms with Crippen molar-refractivity contribution in [3.8, 4) is 0 Å². The molecule has 1 aromatic carbocycles. The zero-order valence-electron chi connectivity index (χ0n) is 16.7. The van der Waals surface area contributed by atoms with Crippen molar-refractivity contribution in [3.05, 3.63) is 33.9 Å². The Morgan fingerprint density at radius 1 is 1.24 bits per heavy atom. The summed E-state index contributed by atoms with van der Waals surface area (Å²) in [5, 5.41) is 21.1. The Hall–Kier alpha value is -2.56. The second kappa shape index (κ2) is 10.3. The summed E-state index contributed by atoms with van der Waals surface area (Å²) in [7, 11) is 0. The number of likely N-dealkylation sites (tertiary alicyclic amines) is 1. The number of anilines is 1. The Kier molecular flexibility index (Phi) is 8.06. The standard InChI is InChI=1S/C17H23N3O5.C2H4O2/c1-13(21)18-15-3-2-14(12-16(15)20(22)23)4-7-19-8-5-17(6-9-19)24-10-11-25-17;1-2(3)4/h2-3,12H,4-11H2,1H3,(H,18,21);1H3,(H,3,4). The van der Waals surface area contributed by atoms with Crippen LogP contribution >= 0.6 is 0 Å². The molecular formula is C19H27N3O7. The number of amides is 1. The fourth-order valence-corrected chi connectivity index (χ4v) is 3.37. The van der Waals surface area contributed by atoms with Crippen molar-refractivity contribution in [2.75, 3.05) is 38.2 Å². The molecular weight excluding hydrogens is 382 g/mol. The second-order valence-corrected chi connectivity index (χ2v) is 7.01. The molecule has 1 spiro atoms. The topological polar surface area (TPSA) is 131 Å². The molecule has 0 atom stereocenters. The third-order valence-electron chi connectivity index (χ3n) is 4.72. The van der Waals surface area contributed by atoms with Crippen molar-refractivity contribution in [3.63, 3.8) is 0 Å². The number of piperidine rings is 1. The maximum Gasteiger partial charge on any atom is 0.300 e. The monoisotopic (exact) mass is 409 g/mol. The van der Waals surface area contributed by atoms with Gasteiger partial charge in [-0.3, -0.25) is 19.7 Å². The van der Waals surface area contributed by atoms with Crippen LogP contribution in [0.1, 0.15) is 32.3 Å². The minimum Gasteiger partial charge on any atom is -0.481 e. The van der Waals surface area contributed by atoms with Gasteiger partial charge in [0.15, 0.2) is 5.79 Å². The number of hydrogen-bond donors (Lipinski definition) is 2. The second-order valence-electron chi connectivity index (χ2n) is 7.01. The van der Waals surface area contributed by atoms with E-state index in [9.17, 15) is 14.9 Å². The molecule has 2 fully saturated rings. The molecule has 0 radical (unpaired) electrons. The maximum atomic E-state index is 11.2. The summed E-state index contributed by atoms with van der Waals surface area (Å²) < 4.78 is 11.4. The van der Waals surface area contributed by atoms with E-state index in [1.165, 1.54) is 6.92 Å². The number of nitro benzene ring substituents is 1. The van der Waals surface area contributed by atoms with Crippen LogP contribution in [-0.2, 0) is 25.5 Å². The lowest BCUT2D eigenvalue weighted by molar-refractivity contribution is -0.384. The molecule has 0 unspecified atom stereocenters. The Labute approximate surface area is 168 Å². The van der Waals surface area contributed by atoms with E-state index in [1.807, 2.05) is 6.07 Å². The van der Waals surface area contributed by atoms with Gasteiger partial charge in [-0.05, 0) is 18.1 Å². The summed E-state index contributed by atoms with van der Waals surface area (Å²) in [5.41, 5.74) is 1.05.